The van der Waals surface area contributed by atoms with E-state index in [4.69, 9.17) is 4.98 Å². The smallest absolute Gasteiger partial charge is 0.254 e. The molecule has 6 heteroatoms. The molecular formula is C27H33N5O. The van der Waals surface area contributed by atoms with Crippen LogP contribution >= 0.6 is 0 Å². The number of hydrogen-bond acceptors (Lipinski definition) is 5. The van der Waals surface area contributed by atoms with Gasteiger partial charge in [0.2, 0.25) is 0 Å². The Hall–Kier alpha value is -3.09. The molecule has 1 saturated carbocycles. The molecule has 0 unspecified atom stereocenters. The van der Waals surface area contributed by atoms with E-state index in [0.29, 0.717) is 18.7 Å². The molecule has 0 atom stereocenters. The summed E-state index contributed by atoms with van der Waals surface area (Å²) < 4.78 is 0. The van der Waals surface area contributed by atoms with Crippen LogP contribution in [0.1, 0.15) is 45.8 Å². The van der Waals surface area contributed by atoms with E-state index in [-0.39, 0.29) is 11.3 Å². The standard InChI is InChI=1S/C27H33N5O/c1-32(2)18-17-28-20-24-30-19-23(26(33)29-16-13-21-9-5-3-6-10-21)25(31-24)27(14-15-27)22-11-7-4-8-12-22/h3-12,19,28H,13-18,20H2,1-2H3,(H,29,33). The molecule has 3 aromatic rings. The van der Waals surface area contributed by atoms with E-state index in [1.54, 1.807) is 6.20 Å². The van der Waals surface area contributed by atoms with Crippen LogP contribution in [0.15, 0.2) is 66.9 Å². The van der Waals surface area contributed by atoms with Crippen LogP contribution in [0.4, 0.5) is 0 Å². The van der Waals surface area contributed by atoms with Crippen LogP contribution in [0.3, 0.4) is 0 Å². The molecule has 0 bridgehead atoms. The van der Waals surface area contributed by atoms with Gasteiger partial charge in [-0.15, -0.1) is 0 Å². The highest BCUT2D eigenvalue weighted by Gasteiger charge is 2.49. The second kappa shape index (κ2) is 10.7. The number of nitrogens with one attached hydrogen (secondary N) is 2. The monoisotopic (exact) mass is 443 g/mol. The summed E-state index contributed by atoms with van der Waals surface area (Å²) in [7, 11) is 4.11. The van der Waals surface area contributed by atoms with Gasteiger partial charge in [-0.25, -0.2) is 9.97 Å². The van der Waals surface area contributed by atoms with Crippen LogP contribution in [0.25, 0.3) is 0 Å². The number of nitrogens with zero attached hydrogens (tertiary/aromatic N) is 3. The zero-order chi connectivity index (χ0) is 23.1. The summed E-state index contributed by atoms with van der Waals surface area (Å²) in [5.74, 6) is 0.627. The van der Waals surface area contributed by atoms with Gasteiger partial charge in [-0.3, -0.25) is 4.79 Å². The number of benzene rings is 2. The first kappa shape index (κ1) is 23.1. The minimum absolute atomic E-state index is 0.102. The highest BCUT2D eigenvalue weighted by Crippen LogP contribution is 2.53. The zero-order valence-electron chi connectivity index (χ0n) is 19.6. The minimum atomic E-state index is -0.200. The lowest BCUT2D eigenvalue weighted by molar-refractivity contribution is 0.0951. The number of rotatable bonds is 11. The predicted octanol–water partition coefficient (Wildman–Crippen LogP) is 3.18. The highest BCUT2D eigenvalue weighted by molar-refractivity contribution is 5.95. The third kappa shape index (κ3) is 5.83. The fourth-order valence-electron chi connectivity index (χ4n) is 4.14. The Morgan fingerprint density at radius 3 is 2.36 bits per heavy atom. The summed E-state index contributed by atoms with van der Waals surface area (Å²) in [6, 6.07) is 20.6. The highest BCUT2D eigenvalue weighted by atomic mass is 16.1. The van der Waals surface area contributed by atoms with E-state index in [2.05, 4.69) is 71.0 Å². The maximum absolute atomic E-state index is 13.2. The second-order valence-electron chi connectivity index (χ2n) is 8.97. The number of carbonyl (C=O) groups excluding carboxylic acids is 1. The number of carbonyl (C=O) groups is 1. The quantitative estimate of drug-likeness (QED) is 0.446. The summed E-state index contributed by atoms with van der Waals surface area (Å²) in [5, 5.41) is 6.49. The lowest BCUT2D eigenvalue weighted by atomic mass is 9.89. The second-order valence-corrected chi connectivity index (χ2v) is 8.97. The van der Waals surface area contributed by atoms with Crippen molar-refractivity contribution in [1.82, 2.24) is 25.5 Å². The molecule has 0 spiro atoms. The van der Waals surface area contributed by atoms with Crippen molar-refractivity contribution in [2.75, 3.05) is 33.7 Å². The van der Waals surface area contributed by atoms with Crippen molar-refractivity contribution in [3.8, 4) is 0 Å². The molecule has 1 amide bonds. The largest absolute Gasteiger partial charge is 0.352 e. The summed E-state index contributed by atoms with van der Waals surface area (Å²) in [5.41, 5.74) is 3.66. The van der Waals surface area contributed by atoms with Gasteiger partial charge in [0.25, 0.3) is 5.91 Å². The number of aromatic nitrogens is 2. The molecule has 2 N–H and O–H groups in total. The van der Waals surface area contributed by atoms with Crippen molar-refractivity contribution in [3.05, 3.63) is 95.1 Å². The lowest BCUT2D eigenvalue weighted by Gasteiger charge is -2.20. The Balaban J connectivity index is 1.53. The van der Waals surface area contributed by atoms with Crippen LogP contribution in [-0.4, -0.2) is 54.5 Å². The van der Waals surface area contributed by atoms with Gasteiger partial charge in [0.05, 0.1) is 17.8 Å². The van der Waals surface area contributed by atoms with E-state index in [0.717, 1.165) is 43.9 Å². The summed E-state index contributed by atoms with van der Waals surface area (Å²) in [6.45, 7) is 2.97. The summed E-state index contributed by atoms with van der Waals surface area (Å²) >= 11 is 0. The molecule has 33 heavy (non-hydrogen) atoms. The van der Waals surface area contributed by atoms with Gasteiger partial charge in [-0.2, -0.15) is 0 Å². The van der Waals surface area contributed by atoms with Gasteiger partial charge in [0.15, 0.2) is 0 Å². The maximum atomic E-state index is 13.2. The predicted molar refractivity (Wildman–Crippen MR) is 131 cm³/mol. The van der Waals surface area contributed by atoms with Gasteiger partial charge < -0.3 is 15.5 Å². The van der Waals surface area contributed by atoms with E-state index in [1.165, 1.54) is 11.1 Å². The van der Waals surface area contributed by atoms with E-state index >= 15 is 0 Å². The molecular weight excluding hydrogens is 410 g/mol. The van der Waals surface area contributed by atoms with Crippen LogP contribution in [0, 0.1) is 0 Å². The average molecular weight is 444 g/mol. The molecule has 1 aliphatic rings. The van der Waals surface area contributed by atoms with Crippen LogP contribution in [0.5, 0.6) is 0 Å². The van der Waals surface area contributed by atoms with Crippen molar-refractivity contribution in [2.24, 2.45) is 0 Å². The van der Waals surface area contributed by atoms with E-state index < -0.39 is 0 Å². The SMILES string of the molecule is CN(C)CCNCc1ncc(C(=O)NCCc2ccccc2)c(C2(c3ccccc3)CC2)n1. The van der Waals surface area contributed by atoms with Gasteiger partial charge in [0.1, 0.15) is 5.82 Å². The first-order valence-corrected chi connectivity index (χ1v) is 11.7. The fraction of sp³-hybridized carbons (Fsp3) is 0.370. The third-order valence-corrected chi connectivity index (χ3v) is 6.17. The van der Waals surface area contributed by atoms with Crippen LogP contribution in [-0.2, 0) is 18.4 Å². The first-order chi connectivity index (χ1) is 16.1. The van der Waals surface area contributed by atoms with Crippen molar-refractivity contribution >= 4 is 5.91 Å². The Kier molecular flexibility index (Phi) is 7.47. The van der Waals surface area contributed by atoms with Crippen molar-refractivity contribution in [2.45, 2.75) is 31.2 Å². The Morgan fingerprint density at radius 2 is 1.70 bits per heavy atom. The molecule has 4 rings (SSSR count). The molecule has 2 aromatic carbocycles. The van der Waals surface area contributed by atoms with Gasteiger partial charge in [-0.1, -0.05) is 60.7 Å². The number of hydrogen-bond donors (Lipinski definition) is 2. The van der Waals surface area contributed by atoms with E-state index in [1.807, 2.05) is 24.3 Å². The molecule has 1 fully saturated rings. The molecule has 0 aliphatic heterocycles. The van der Waals surface area contributed by atoms with Gasteiger partial charge in [0, 0.05) is 31.2 Å². The molecule has 1 aliphatic carbocycles. The lowest BCUT2D eigenvalue weighted by Crippen LogP contribution is -2.30. The van der Waals surface area contributed by atoms with Crippen LogP contribution in [0.2, 0.25) is 0 Å². The summed E-state index contributed by atoms with van der Waals surface area (Å²) in [4.78, 5) is 24.8. The molecule has 0 radical (unpaired) electrons. The molecule has 172 valence electrons. The summed E-state index contributed by atoms with van der Waals surface area (Å²) in [6.07, 6.45) is 4.49. The molecule has 6 nitrogen and oxygen atoms in total. The van der Waals surface area contributed by atoms with E-state index in [9.17, 15) is 4.79 Å². The maximum Gasteiger partial charge on any atom is 0.254 e. The number of amides is 1. The minimum Gasteiger partial charge on any atom is -0.352 e. The third-order valence-electron chi connectivity index (χ3n) is 6.17. The average Bonchev–Trinajstić information content (AvgIpc) is 3.65. The Labute approximate surface area is 196 Å². The van der Waals surface area contributed by atoms with Crippen LogP contribution < -0.4 is 10.6 Å². The van der Waals surface area contributed by atoms with Gasteiger partial charge >= 0.3 is 0 Å². The Morgan fingerprint density at radius 1 is 1.00 bits per heavy atom. The topological polar surface area (TPSA) is 70.2 Å². The first-order valence-electron chi connectivity index (χ1n) is 11.7. The normalized spacial score (nSPS) is 14.3. The van der Waals surface area contributed by atoms with Crippen molar-refractivity contribution in [3.63, 3.8) is 0 Å². The van der Waals surface area contributed by atoms with Gasteiger partial charge in [-0.05, 0) is 44.5 Å². The Bertz CT molecular complexity index is 1050. The number of likely N-dealkylation sites (N-methyl/N-ethyl adjacent to an activating group) is 1. The fourth-order valence-corrected chi connectivity index (χ4v) is 4.14. The zero-order valence-corrected chi connectivity index (χ0v) is 19.6. The van der Waals surface area contributed by atoms with Crippen molar-refractivity contribution < 1.29 is 4.79 Å². The molecule has 0 saturated heterocycles. The molecule has 1 aromatic heterocycles. The molecule has 1 heterocycles. The van der Waals surface area contributed by atoms with Crippen molar-refractivity contribution in [1.29, 1.82) is 0 Å².